The van der Waals surface area contributed by atoms with Crippen LogP contribution in [-0.2, 0) is 9.84 Å². The third-order valence-corrected chi connectivity index (χ3v) is 5.11. The van der Waals surface area contributed by atoms with Gasteiger partial charge in [-0.15, -0.1) is 0 Å². The number of nitrogens with zero attached hydrogens (tertiary/aromatic N) is 1. The summed E-state index contributed by atoms with van der Waals surface area (Å²) in [5.74, 6) is 0. The van der Waals surface area contributed by atoms with Crippen LogP contribution in [0.25, 0.3) is 11.1 Å². The monoisotopic (exact) mass is 321 g/mol. The third-order valence-electron chi connectivity index (χ3n) is 3.74. The van der Waals surface area contributed by atoms with E-state index in [1.807, 2.05) is 24.3 Å². The maximum atomic E-state index is 11.9. The molecule has 0 N–H and O–H groups in total. The van der Waals surface area contributed by atoms with E-state index in [-0.39, 0.29) is 4.90 Å². The van der Waals surface area contributed by atoms with Gasteiger partial charge in [0.1, 0.15) is 0 Å². The first kappa shape index (κ1) is 14.4. The lowest BCUT2D eigenvalue weighted by atomic mass is 10.0. The molecule has 1 aliphatic rings. The van der Waals surface area contributed by atoms with Gasteiger partial charge >= 0.3 is 0 Å². The average Bonchev–Trinajstić information content (AvgIpc) is 2.37. The van der Waals surface area contributed by atoms with Crippen molar-refractivity contribution >= 4 is 27.1 Å². The Labute approximate surface area is 130 Å². The number of hydrogen-bond donors (Lipinski definition) is 0. The molecule has 3 rings (SSSR count). The standard InChI is InChI=1S/C16H16ClNO2S/c1-21(19,20)16-11-13(17)5-8-15(16)12-3-6-14(7-4-12)18-9-2-10-18/h3-8,11H,2,9-10H2,1H3. The molecule has 0 bridgehead atoms. The minimum absolute atomic E-state index is 0.270. The van der Waals surface area contributed by atoms with Crippen molar-refractivity contribution in [2.75, 3.05) is 24.2 Å². The number of sulfone groups is 1. The topological polar surface area (TPSA) is 37.4 Å². The first-order valence-corrected chi connectivity index (χ1v) is 9.07. The average molecular weight is 322 g/mol. The first-order chi connectivity index (χ1) is 9.95. The molecule has 5 heteroatoms. The van der Waals surface area contributed by atoms with Crippen molar-refractivity contribution in [1.29, 1.82) is 0 Å². The Morgan fingerprint density at radius 1 is 1.05 bits per heavy atom. The van der Waals surface area contributed by atoms with Crippen molar-refractivity contribution in [1.82, 2.24) is 0 Å². The van der Waals surface area contributed by atoms with Gasteiger partial charge in [0, 0.05) is 35.6 Å². The fourth-order valence-electron chi connectivity index (χ4n) is 2.47. The lowest BCUT2D eigenvalue weighted by Gasteiger charge is -2.33. The Bertz CT molecular complexity index is 765. The van der Waals surface area contributed by atoms with E-state index in [1.54, 1.807) is 12.1 Å². The molecule has 0 atom stereocenters. The van der Waals surface area contributed by atoms with Crippen LogP contribution in [-0.4, -0.2) is 27.8 Å². The van der Waals surface area contributed by atoms with Gasteiger partial charge in [-0.2, -0.15) is 0 Å². The molecule has 1 heterocycles. The molecule has 0 aromatic heterocycles. The molecule has 2 aromatic carbocycles. The zero-order chi connectivity index (χ0) is 15.0. The molecule has 0 amide bonds. The quantitative estimate of drug-likeness (QED) is 0.866. The minimum Gasteiger partial charge on any atom is -0.371 e. The van der Waals surface area contributed by atoms with Crippen molar-refractivity contribution in [3.8, 4) is 11.1 Å². The Kier molecular flexibility index (Phi) is 3.68. The molecule has 1 fully saturated rings. The van der Waals surface area contributed by atoms with Crippen molar-refractivity contribution < 1.29 is 8.42 Å². The molecule has 1 saturated heterocycles. The molecule has 0 unspecified atom stereocenters. The minimum atomic E-state index is -3.32. The van der Waals surface area contributed by atoms with Crippen LogP contribution in [0.1, 0.15) is 6.42 Å². The van der Waals surface area contributed by atoms with E-state index < -0.39 is 9.84 Å². The largest absolute Gasteiger partial charge is 0.371 e. The molecule has 0 spiro atoms. The molecule has 21 heavy (non-hydrogen) atoms. The number of benzene rings is 2. The highest BCUT2D eigenvalue weighted by atomic mass is 35.5. The van der Waals surface area contributed by atoms with Gasteiger partial charge in [-0.3, -0.25) is 0 Å². The maximum absolute atomic E-state index is 11.9. The summed E-state index contributed by atoms with van der Waals surface area (Å²) in [6, 6.07) is 13.0. The van der Waals surface area contributed by atoms with Gasteiger partial charge in [0.05, 0.1) is 4.90 Å². The summed E-state index contributed by atoms with van der Waals surface area (Å²) >= 11 is 5.93. The molecule has 0 saturated carbocycles. The van der Waals surface area contributed by atoms with E-state index in [0.29, 0.717) is 10.6 Å². The van der Waals surface area contributed by atoms with E-state index in [2.05, 4.69) is 4.90 Å². The molecule has 1 aliphatic heterocycles. The SMILES string of the molecule is CS(=O)(=O)c1cc(Cl)ccc1-c1ccc(N2CCC2)cc1. The summed E-state index contributed by atoms with van der Waals surface area (Å²) in [4.78, 5) is 2.56. The summed E-state index contributed by atoms with van der Waals surface area (Å²) < 4.78 is 23.9. The Morgan fingerprint density at radius 3 is 2.24 bits per heavy atom. The van der Waals surface area contributed by atoms with Gasteiger partial charge in [0.25, 0.3) is 0 Å². The fourth-order valence-corrected chi connectivity index (χ4v) is 3.63. The Morgan fingerprint density at radius 2 is 1.71 bits per heavy atom. The predicted molar refractivity (Wildman–Crippen MR) is 86.8 cm³/mol. The van der Waals surface area contributed by atoms with Gasteiger partial charge in [-0.25, -0.2) is 8.42 Å². The van der Waals surface area contributed by atoms with Crippen molar-refractivity contribution in [2.24, 2.45) is 0 Å². The van der Waals surface area contributed by atoms with E-state index >= 15 is 0 Å². The van der Waals surface area contributed by atoms with Crippen molar-refractivity contribution in [2.45, 2.75) is 11.3 Å². The number of hydrogen-bond acceptors (Lipinski definition) is 3. The third kappa shape index (κ3) is 2.92. The van der Waals surface area contributed by atoms with Crippen LogP contribution in [0.3, 0.4) is 0 Å². The molecular weight excluding hydrogens is 306 g/mol. The van der Waals surface area contributed by atoms with Crippen molar-refractivity contribution in [3.05, 3.63) is 47.5 Å². The van der Waals surface area contributed by atoms with Gasteiger partial charge in [0.2, 0.25) is 0 Å². The second kappa shape index (κ2) is 5.35. The van der Waals surface area contributed by atoms with E-state index in [4.69, 9.17) is 11.6 Å². The van der Waals surface area contributed by atoms with Gasteiger partial charge in [-0.05, 0) is 36.2 Å². The zero-order valence-corrected chi connectivity index (χ0v) is 13.3. The van der Waals surface area contributed by atoms with E-state index in [9.17, 15) is 8.42 Å². The van der Waals surface area contributed by atoms with Crippen molar-refractivity contribution in [3.63, 3.8) is 0 Å². The number of anilines is 1. The van der Waals surface area contributed by atoms with Crippen LogP contribution in [0.15, 0.2) is 47.4 Å². The van der Waals surface area contributed by atoms with Crippen LogP contribution in [0.4, 0.5) is 5.69 Å². The summed E-state index contributed by atoms with van der Waals surface area (Å²) in [5, 5.41) is 0.427. The van der Waals surface area contributed by atoms with Crippen LogP contribution < -0.4 is 4.90 Å². The summed E-state index contributed by atoms with van der Waals surface area (Å²) in [7, 11) is -3.32. The molecule has 0 radical (unpaired) electrons. The van der Waals surface area contributed by atoms with Gasteiger partial charge < -0.3 is 4.90 Å². The smallest absolute Gasteiger partial charge is 0.176 e. The highest BCUT2D eigenvalue weighted by Gasteiger charge is 2.17. The number of halogens is 1. The highest BCUT2D eigenvalue weighted by Crippen LogP contribution is 2.31. The zero-order valence-electron chi connectivity index (χ0n) is 11.7. The summed E-state index contributed by atoms with van der Waals surface area (Å²) in [6.07, 6.45) is 2.44. The van der Waals surface area contributed by atoms with Crippen LogP contribution in [0, 0.1) is 0 Å². The first-order valence-electron chi connectivity index (χ1n) is 6.80. The van der Waals surface area contributed by atoms with E-state index in [1.165, 1.54) is 24.4 Å². The van der Waals surface area contributed by atoms with Gasteiger partial charge in [-0.1, -0.05) is 29.8 Å². The highest BCUT2D eigenvalue weighted by molar-refractivity contribution is 7.90. The second-order valence-electron chi connectivity index (χ2n) is 5.30. The molecule has 0 aliphatic carbocycles. The lowest BCUT2D eigenvalue weighted by molar-refractivity contribution is 0.602. The number of rotatable bonds is 3. The lowest BCUT2D eigenvalue weighted by Crippen LogP contribution is -2.36. The summed E-state index contributed by atoms with van der Waals surface area (Å²) in [6.45, 7) is 2.18. The fraction of sp³-hybridized carbons (Fsp3) is 0.250. The van der Waals surface area contributed by atoms with Crippen LogP contribution in [0.5, 0.6) is 0 Å². The van der Waals surface area contributed by atoms with Gasteiger partial charge in [0.15, 0.2) is 9.84 Å². The Balaban J connectivity index is 2.04. The normalized spacial score (nSPS) is 14.9. The molecule has 3 nitrogen and oxygen atoms in total. The summed E-state index contributed by atoms with van der Waals surface area (Å²) in [5.41, 5.74) is 2.76. The van der Waals surface area contributed by atoms with E-state index in [0.717, 1.165) is 18.7 Å². The second-order valence-corrected chi connectivity index (χ2v) is 7.72. The predicted octanol–water partition coefficient (Wildman–Crippen LogP) is 3.62. The molecular formula is C16H16ClNO2S. The molecule has 110 valence electrons. The maximum Gasteiger partial charge on any atom is 0.176 e. The molecule has 2 aromatic rings. The van der Waals surface area contributed by atoms with Crippen LogP contribution >= 0.6 is 11.6 Å². The van der Waals surface area contributed by atoms with Crippen LogP contribution in [0.2, 0.25) is 5.02 Å². The Hall–Kier alpha value is -1.52.